The van der Waals surface area contributed by atoms with Gasteiger partial charge in [-0.25, -0.2) is 4.68 Å². The van der Waals surface area contributed by atoms with Crippen LogP contribution in [0.1, 0.15) is 94.7 Å². The molecule has 0 aromatic carbocycles. The zero-order valence-electron chi connectivity index (χ0n) is 19.2. The second-order valence-electron chi connectivity index (χ2n) is 9.42. The van der Waals surface area contributed by atoms with Gasteiger partial charge in [-0.3, -0.25) is 4.79 Å². The average Bonchev–Trinajstić information content (AvgIpc) is 2.88. The minimum absolute atomic E-state index is 0. The summed E-state index contributed by atoms with van der Waals surface area (Å²) in [6.07, 6.45) is 3.38. The molecule has 0 fully saturated rings. The summed E-state index contributed by atoms with van der Waals surface area (Å²) >= 11 is 0. The Morgan fingerprint density at radius 1 is 1.04 bits per heavy atom. The van der Waals surface area contributed by atoms with Crippen molar-refractivity contribution in [2.24, 2.45) is 5.41 Å². The minimum atomic E-state index is -0.514. The van der Waals surface area contributed by atoms with Crippen LogP contribution >= 0.6 is 0 Å². The number of Topliss-reactive ketones (excluding diaryl/α,β-unsaturated/α-hetero) is 1. The Bertz CT molecular complexity index is 569. The third-order valence-electron chi connectivity index (χ3n) is 4.52. The first-order chi connectivity index (χ1) is 11.1. The van der Waals surface area contributed by atoms with Gasteiger partial charge in [-0.2, -0.15) is 0 Å². The fourth-order valence-corrected chi connectivity index (χ4v) is 3.35. The fraction of sp³-hybridized carbons (Fsp3) is 0.850. The first-order valence-electron chi connectivity index (χ1n) is 9.26. The van der Waals surface area contributed by atoms with Crippen LogP contribution in [0.25, 0.3) is 5.73 Å². The molecule has 5 nitrogen and oxygen atoms in total. The van der Waals surface area contributed by atoms with Crippen molar-refractivity contribution >= 4 is 5.78 Å². The molecule has 1 aromatic heterocycles. The molecule has 1 rings (SSSR count). The molecule has 0 unspecified atom stereocenters. The van der Waals surface area contributed by atoms with Gasteiger partial charge in [0.1, 0.15) is 5.78 Å². The number of aromatic nitrogens is 3. The first kappa shape index (κ1) is 28.6. The van der Waals surface area contributed by atoms with Gasteiger partial charge in [0.2, 0.25) is 0 Å². The van der Waals surface area contributed by atoms with Crippen LogP contribution in [-0.2, 0) is 15.7 Å². The first-order valence-corrected chi connectivity index (χ1v) is 9.26. The van der Waals surface area contributed by atoms with Gasteiger partial charge in [-0.1, -0.05) is 67.0 Å². The summed E-state index contributed by atoms with van der Waals surface area (Å²) in [6, 6.07) is 0. The van der Waals surface area contributed by atoms with Crippen LogP contribution in [0.4, 0.5) is 0 Å². The predicted octanol–water partition coefficient (Wildman–Crippen LogP) is 2.55. The van der Waals surface area contributed by atoms with Crippen LogP contribution in [0.15, 0.2) is 6.20 Å². The largest absolute Gasteiger partial charge is 1.00 e. The summed E-state index contributed by atoms with van der Waals surface area (Å²) in [4.78, 5) is 11.8. The smallest absolute Gasteiger partial charge is 0.672 e. The van der Waals surface area contributed by atoms with E-state index < -0.39 is 11.0 Å². The van der Waals surface area contributed by atoms with E-state index in [0.29, 0.717) is 12.8 Å². The van der Waals surface area contributed by atoms with E-state index in [-0.39, 0.29) is 68.1 Å². The van der Waals surface area contributed by atoms with E-state index in [1.54, 1.807) is 6.92 Å². The molecule has 26 heavy (non-hydrogen) atoms. The van der Waals surface area contributed by atoms with Crippen molar-refractivity contribution in [2.75, 3.05) is 0 Å². The number of nitrogens with one attached hydrogen (secondary N) is 1. The predicted molar refractivity (Wildman–Crippen MR) is 106 cm³/mol. The SMILES string of the molecule is CC.CC(=O)C(C)(C)CC(C)(C)n1cc(C(C)(C)CC(C)(C)[NH-])nn1.[K+]. The topological polar surface area (TPSA) is 71.6 Å². The van der Waals surface area contributed by atoms with Crippen LogP contribution in [0.3, 0.4) is 0 Å². The maximum atomic E-state index is 11.8. The molecule has 1 heterocycles. The van der Waals surface area contributed by atoms with Crippen molar-refractivity contribution in [3.05, 3.63) is 17.6 Å². The van der Waals surface area contributed by atoms with Crippen LogP contribution in [-0.4, -0.2) is 26.3 Å². The summed E-state index contributed by atoms with van der Waals surface area (Å²) in [5.41, 5.74) is 7.61. The molecule has 0 bridgehead atoms. The molecule has 0 aliphatic rings. The number of ketones is 1. The van der Waals surface area contributed by atoms with Crippen molar-refractivity contribution in [3.63, 3.8) is 0 Å². The summed E-state index contributed by atoms with van der Waals surface area (Å²) in [5, 5.41) is 8.68. The van der Waals surface area contributed by atoms with E-state index >= 15 is 0 Å². The molecule has 0 aliphatic heterocycles. The van der Waals surface area contributed by atoms with Gasteiger partial charge in [0.25, 0.3) is 0 Å². The number of carbonyl (C=O) groups excluding carboxylic acids is 1. The molecule has 146 valence electrons. The zero-order valence-corrected chi connectivity index (χ0v) is 22.4. The van der Waals surface area contributed by atoms with Gasteiger partial charge >= 0.3 is 51.4 Å². The Kier molecular flexibility index (Phi) is 11.3. The van der Waals surface area contributed by atoms with Crippen LogP contribution in [0, 0.1) is 5.41 Å². The Hall–Kier alpha value is 0.406. The van der Waals surface area contributed by atoms with Gasteiger partial charge in [0.15, 0.2) is 0 Å². The van der Waals surface area contributed by atoms with Gasteiger partial charge in [0.05, 0.1) is 11.2 Å². The summed E-state index contributed by atoms with van der Waals surface area (Å²) < 4.78 is 1.87. The van der Waals surface area contributed by atoms with Crippen molar-refractivity contribution in [3.8, 4) is 0 Å². The second kappa shape index (κ2) is 10.3. The van der Waals surface area contributed by atoms with E-state index in [1.165, 1.54) is 0 Å². The van der Waals surface area contributed by atoms with Crippen molar-refractivity contribution in [1.82, 2.24) is 15.0 Å². The Morgan fingerprint density at radius 3 is 1.88 bits per heavy atom. The van der Waals surface area contributed by atoms with Gasteiger partial charge in [0, 0.05) is 17.0 Å². The maximum absolute atomic E-state index is 11.8. The van der Waals surface area contributed by atoms with Crippen LogP contribution < -0.4 is 51.4 Å². The molecule has 0 saturated carbocycles. The van der Waals surface area contributed by atoms with E-state index in [2.05, 4.69) is 38.0 Å². The molecule has 0 amide bonds. The maximum Gasteiger partial charge on any atom is 1.00 e. The van der Waals surface area contributed by atoms with E-state index in [1.807, 2.05) is 52.4 Å². The Labute approximate surface area is 203 Å². The molecule has 1 N–H and O–H groups in total. The van der Waals surface area contributed by atoms with Crippen molar-refractivity contribution in [2.45, 2.75) is 105 Å². The van der Waals surface area contributed by atoms with Crippen molar-refractivity contribution < 1.29 is 56.2 Å². The molecular formula is C20H39KN4O. The quantitative estimate of drug-likeness (QED) is 0.672. The number of rotatable bonds is 7. The standard InChI is InChI=1S/C18H33N4O.C2H6.K/c1-13(23)15(2,3)12-18(8,9)22-10-14(20-21-22)16(4,5)11-17(6,7)19;1-2;/h10,19H,11-12H2,1-9H3;1-2H3;/q-1;;+1. The molecule has 0 saturated heterocycles. The number of hydrogen-bond acceptors (Lipinski definition) is 3. The molecular weight excluding hydrogens is 351 g/mol. The Balaban J connectivity index is 0. The summed E-state index contributed by atoms with van der Waals surface area (Å²) in [6.45, 7) is 21.8. The zero-order chi connectivity index (χ0) is 20.3. The van der Waals surface area contributed by atoms with E-state index in [9.17, 15) is 4.79 Å². The number of hydrogen-bond donors (Lipinski definition) is 0. The monoisotopic (exact) mass is 390 g/mol. The van der Waals surface area contributed by atoms with Gasteiger partial charge in [-0.05, 0) is 27.2 Å². The Morgan fingerprint density at radius 2 is 1.50 bits per heavy atom. The van der Waals surface area contributed by atoms with Crippen molar-refractivity contribution in [1.29, 1.82) is 0 Å². The number of nitrogens with zero attached hydrogens (tertiary/aromatic N) is 3. The normalized spacial score (nSPS) is 12.8. The fourth-order valence-electron chi connectivity index (χ4n) is 3.35. The average molecular weight is 391 g/mol. The molecule has 0 radical (unpaired) electrons. The second-order valence-corrected chi connectivity index (χ2v) is 9.42. The van der Waals surface area contributed by atoms with Crippen LogP contribution in [0.5, 0.6) is 0 Å². The third-order valence-corrected chi connectivity index (χ3v) is 4.52. The van der Waals surface area contributed by atoms with Gasteiger partial charge in [-0.15, -0.1) is 10.6 Å². The minimum Gasteiger partial charge on any atom is -0.672 e. The molecule has 0 atom stereocenters. The molecule has 1 aromatic rings. The third kappa shape index (κ3) is 8.61. The van der Waals surface area contributed by atoms with E-state index in [0.717, 1.165) is 5.69 Å². The summed E-state index contributed by atoms with van der Waals surface area (Å²) in [7, 11) is 0. The number of carbonyl (C=O) groups is 1. The van der Waals surface area contributed by atoms with Gasteiger partial charge < -0.3 is 5.73 Å². The summed E-state index contributed by atoms with van der Waals surface area (Å²) in [5.74, 6) is 0.183. The molecule has 6 heteroatoms. The van der Waals surface area contributed by atoms with Crippen LogP contribution in [0.2, 0.25) is 0 Å². The molecule has 0 spiro atoms. The molecule has 0 aliphatic carbocycles. The van der Waals surface area contributed by atoms with E-state index in [4.69, 9.17) is 5.73 Å².